The smallest absolute Gasteiger partial charge is 0.353 e. The van der Waals surface area contributed by atoms with Crippen LogP contribution in [0.3, 0.4) is 0 Å². The zero-order chi connectivity index (χ0) is 19.6. The lowest BCUT2D eigenvalue weighted by atomic mass is 9.97. The summed E-state index contributed by atoms with van der Waals surface area (Å²) in [5, 5.41) is 10.6. The summed E-state index contributed by atoms with van der Waals surface area (Å²) in [6.45, 7) is 5.73. The van der Waals surface area contributed by atoms with Crippen molar-refractivity contribution in [1.82, 2.24) is 15.0 Å². The first-order valence-corrected chi connectivity index (χ1v) is 7.42. The van der Waals surface area contributed by atoms with Gasteiger partial charge in [0.05, 0.1) is 13.2 Å². The van der Waals surface area contributed by atoms with Gasteiger partial charge >= 0.3 is 29.3 Å². The SMILES string of the molecule is C=CC(=O)OCCC(O)(CCOC(=O)C=C)COc1nc(=O)[nH]c(=O)[nH]1. The Morgan fingerprint density at radius 2 is 1.62 bits per heavy atom. The van der Waals surface area contributed by atoms with E-state index in [1.165, 1.54) is 0 Å². The number of hydrogen-bond donors (Lipinski definition) is 3. The molecule has 1 rings (SSSR count). The van der Waals surface area contributed by atoms with E-state index in [1.807, 2.05) is 4.98 Å². The summed E-state index contributed by atoms with van der Waals surface area (Å²) in [7, 11) is 0. The average Bonchev–Trinajstić information content (AvgIpc) is 2.59. The van der Waals surface area contributed by atoms with Crippen molar-refractivity contribution < 1.29 is 28.9 Å². The van der Waals surface area contributed by atoms with Crippen LogP contribution in [0.4, 0.5) is 0 Å². The molecule has 0 fully saturated rings. The lowest BCUT2D eigenvalue weighted by molar-refractivity contribution is -0.141. The molecular weight excluding hydrogens is 350 g/mol. The molecule has 0 spiro atoms. The van der Waals surface area contributed by atoms with Crippen LogP contribution < -0.4 is 16.1 Å². The fourth-order valence-corrected chi connectivity index (χ4v) is 1.72. The van der Waals surface area contributed by atoms with E-state index in [9.17, 15) is 24.3 Å². The molecule has 11 nitrogen and oxygen atoms in total. The molecule has 0 aliphatic rings. The minimum Gasteiger partial charge on any atom is -0.462 e. The van der Waals surface area contributed by atoms with E-state index in [4.69, 9.17) is 14.2 Å². The highest BCUT2D eigenvalue weighted by molar-refractivity contribution is 5.81. The van der Waals surface area contributed by atoms with Gasteiger partial charge in [0.15, 0.2) is 0 Å². The standard InChI is InChI=1S/C15H19N3O8/c1-3-10(19)24-7-5-15(23,6-8-25-11(20)4-2)9-26-14-17-12(21)16-13(22)18-14/h3-4,23H,1-2,5-9H2,(H2,16,17,18,21,22). The van der Waals surface area contributed by atoms with Crippen LogP contribution in [0.1, 0.15) is 12.8 Å². The van der Waals surface area contributed by atoms with Crippen LogP contribution in [0, 0.1) is 0 Å². The predicted octanol–water partition coefficient (Wildman–Crippen LogP) is -1.19. The maximum absolute atomic E-state index is 11.2. The van der Waals surface area contributed by atoms with Crippen molar-refractivity contribution in [2.45, 2.75) is 18.4 Å². The number of aliphatic hydroxyl groups is 1. The number of ether oxygens (including phenoxy) is 3. The molecule has 0 aliphatic carbocycles. The largest absolute Gasteiger partial charge is 0.462 e. The highest BCUT2D eigenvalue weighted by Gasteiger charge is 2.29. The van der Waals surface area contributed by atoms with Crippen LogP contribution in [0.25, 0.3) is 0 Å². The molecule has 0 radical (unpaired) electrons. The first kappa shape index (κ1) is 20.8. The third kappa shape index (κ3) is 7.57. The predicted molar refractivity (Wildman–Crippen MR) is 87.5 cm³/mol. The molecule has 0 saturated carbocycles. The van der Waals surface area contributed by atoms with Crippen LogP contribution in [0.15, 0.2) is 34.9 Å². The van der Waals surface area contributed by atoms with Crippen molar-refractivity contribution in [2.24, 2.45) is 0 Å². The van der Waals surface area contributed by atoms with Gasteiger partial charge in [-0.25, -0.2) is 19.2 Å². The van der Waals surface area contributed by atoms with Gasteiger partial charge in [0.2, 0.25) is 0 Å². The van der Waals surface area contributed by atoms with Gasteiger partial charge in [0, 0.05) is 25.0 Å². The second-order valence-electron chi connectivity index (χ2n) is 5.06. The molecule has 11 heteroatoms. The number of aromatic amines is 2. The molecule has 142 valence electrons. The van der Waals surface area contributed by atoms with Crippen molar-refractivity contribution in [3.05, 3.63) is 46.3 Å². The Kier molecular flexibility index (Phi) is 7.96. The maximum Gasteiger partial charge on any atom is 0.353 e. The normalized spacial score (nSPS) is 10.7. The third-order valence-electron chi connectivity index (χ3n) is 3.08. The maximum atomic E-state index is 11.2. The minimum atomic E-state index is -1.61. The second kappa shape index (κ2) is 9.93. The van der Waals surface area contributed by atoms with Gasteiger partial charge in [-0.05, 0) is 0 Å². The zero-order valence-corrected chi connectivity index (χ0v) is 13.9. The van der Waals surface area contributed by atoms with E-state index in [1.54, 1.807) is 0 Å². The number of esters is 2. The highest BCUT2D eigenvalue weighted by Crippen LogP contribution is 2.17. The van der Waals surface area contributed by atoms with E-state index in [0.29, 0.717) is 0 Å². The number of carbonyl (C=O) groups is 2. The molecule has 3 N–H and O–H groups in total. The van der Waals surface area contributed by atoms with Crippen LogP contribution in [-0.4, -0.2) is 57.4 Å². The summed E-state index contributed by atoms with van der Waals surface area (Å²) in [6.07, 6.45) is 1.77. The number of H-pyrrole nitrogens is 2. The molecule has 0 saturated heterocycles. The number of carbonyl (C=O) groups excluding carboxylic acids is 2. The Hall–Kier alpha value is -3.21. The molecule has 0 aromatic carbocycles. The van der Waals surface area contributed by atoms with Crippen molar-refractivity contribution in [2.75, 3.05) is 19.8 Å². The third-order valence-corrected chi connectivity index (χ3v) is 3.08. The monoisotopic (exact) mass is 369 g/mol. The van der Waals surface area contributed by atoms with E-state index in [0.717, 1.165) is 12.2 Å². The van der Waals surface area contributed by atoms with Gasteiger partial charge in [-0.1, -0.05) is 13.2 Å². The van der Waals surface area contributed by atoms with Crippen LogP contribution >= 0.6 is 0 Å². The van der Waals surface area contributed by atoms with Gasteiger partial charge in [0.25, 0.3) is 0 Å². The molecule has 1 heterocycles. The minimum absolute atomic E-state index is 0.0777. The number of nitrogens with zero attached hydrogens (tertiary/aromatic N) is 1. The second-order valence-corrected chi connectivity index (χ2v) is 5.06. The van der Waals surface area contributed by atoms with E-state index < -0.39 is 41.5 Å². The Bertz CT molecular complexity index is 712. The molecular formula is C15H19N3O8. The number of hydrogen-bond acceptors (Lipinski definition) is 9. The number of rotatable bonds is 11. The Morgan fingerprint density at radius 1 is 1.08 bits per heavy atom. The summed E-state index contributed by atoms with van der Waals surface area (Å²) in [4.78, 5) is 51.8. The van der Waals surface area contributed by atoms with Gasteiger partial charge in [-0.2, -0.15) is 0 Å². The van der Waals surface area contributed by atoms with Crippen molar-refractivity contribution in [1.29, 1.82) is 0 Å². The van der Waals surface area contributed by atoms with E-state index in [2.05, 4.69) is 23.1 Å². The van der Waals surface area contributed by atoms with E-state index in [-0.39, 0.29) is 26.1 Å². The van der Waals surface area contributed by atoms with Crippen molar-refractivity contribution in [3.8, 4) is 6.01 Å². The average molecular weight is 369 g/mol. The molecule has 1 aromatic rings. The first-order valence-electron chi connectivity index (χ1n) is 7.42. The van der Waals surface area contributed by atoms with Gasteiger partial charge in [-0.15, -0.1) is 4.98 Å². The summed E-state index contributed by atoms with van der Waals surface area (Å²) in [5.41, 5.74) is -3.36. The van der Waals surface area contributed by atoms with E-state index >= 15 is 0 Å². The molecule has 0 unspecified atom stereocenters. The molecule has 0 bridgehead atoms. The zero-order valence-electron chi connectivity index (χ0n) is 13.9. The Balaban J connectivity index is 2.73. The topological polar surface area (TPSA) is 161 Å². The lowest BCUT2D eigenvalue weighted by Crippen LogP contribution is -2.40. The molecule has 0 aliphatic heterocycles. The molecule has 1 aromatic heterocycles. The number of aromatic nitrogens is 3. The fourth-order valence-electron chi connectivity index (χ4n) is 1.72. The van der Waals surface area contributed by atoms with Crippen LogP contribution in [0.5, 0.6) is 6.01 Å². The lowest BCUT2D eigenvalue weighted by Gasteiger charge is -2.27. The Labute approximate surface area is 147 Å². The summed E-state index contributed by atoms with van der Waals surface area (Å²) in [6, 6.07) is -0.400. The fraction of sp³-hybridized carbons (Fsp3) is 0.400. The van der Waals surface area contributed by atoms with Gasteiger partial charge in [-0.3, -0.25) is 9.97 Å². The van der Waals surface area contributed by atoms with Crippen molar-refractivity contribution in [3.63, 3.8) is 0 Å². The Morgan fingerprint density at radius 3 is 2.08 bits per heavy atom. The first-order chi connectivity index (χ1) is 12.3. The van der Waals surface area contributed by atoms with Gasteiger partial charge in [0.1, 0.15) is 12.2 Å². The van der Waals surface area contributed by atoms with Crippen molar-refractivity contribution >= 4 is 11.9 Å². The molecule has 0 amide bonds. The molecule has 0 atom stereocenters. The van der Waals surface area contributed by atoms with Gasteiger partial charge < -0.3 is 19.3 Å². The summed E-state index contributed by atoms with van der Waals surface area (Å²) in [5.74, 6) is -1.35. The molecule has 26 heavy (non-hydrogen) atoms. The quantitative estimate of drug-likeness (QED) is 0.321. The summed E-state index contributed by atoms with van der Waals surface area (Å²) >= 11 is 0. The summed E-state index contributed by atoms with van der Waals surface area (Å²) < 4.78 is 14.7. The van der Waals surface area contributed by atoms with Crippen LogP contribution in [0.2, 0.25) is 0 Å². The van der Waals surface area contributed by atoms with Crippen LogP contribution in [-0.2, 0) is 19.1 Å². The highest BCUT2D eigenvalue weighted by atomic mass is 16.5. The number of nitrogens with one attached hydrogen (secondary N) is 2.